The van der Waals surface area contributed by atoms with E-state index in [0.717, 1.165) is 14.0 Å². The first-order valence-corrected chi connectivity index (χ1v) is 5.75. The molecule has 7 heteroatoms. The van der Waals surface area contributed by atoms with Crippen LogP contribution in [0.4, 0.5) is 22.0 Å². The molecule has 0 aromatic heterocycles. The Hall–Kier alpha value is -2.05. The molecule has 0 atom stereocenters. The van der Waals surface area contributed by atoms with Crippen LogP contribution in [0.3, 0.4) is 0 Å². The molecule has 0 amide bonds. The summed E-state index contributed by atoms with van der Waals surface area (Å²) in [5, 5.41) is 0. The molecule has 0 unspecified atom stereocenters. The van der Waals surface area contributed by atoms with Crippen LogP contribution in [-0.2, 0) is 0 Å². The lowest BCUT2D eigenvalue weighted by atomic mass is 9.90. The number of ether oxygens (including phenoxy) is 1. The molecule has 2 radical (unpaired) electrons. The Morgan fingerprint density at radius 2 is 1.38 bits per heavy atom. The molecule has 0 saturated heterocycles. The zero-order chi connectivity index (χ0) is 15.9. The van der Waals surface area contributed by atoms with Crippen molar-refractivity contribution in [3.63, 3.8) is 0 Å². The average molecular weight is 298 g/mol. The fraction of sp³-hybridized carbons (Fsp3) is 0.143. The third kappa shape index (κ3) is 2.37. The third-order valence-corrected chi connectivity index (χ3v) is 3.06. The zero-order valence-electron chi connectivity index (χ0n) is 11.0. The van der Waals surface area contributed by atoms with Gasteiger partial charge in [0.05, 0.1) is 18.2 Å². The second kappa shape index (κ2) is 5.39. The molecule has 0 N–H and O–H groups in total. The molecule has 0 spiro atoms. The van der Waals surface area contributed by atoms with Gasteiger partial charge in [0, 0.05) is 11.6 Å². The molecular weight excluding hydrogens is 290 g/mol. The van der Waals surface area contributed by atoms with Gasteiger partial charge in [-0.25, -0.2) is 22.0 Å². The highest BCUT2D eigenvalue weighted by atomic mass is 19.2. The van der Waals surface area contributed by atoms with E-state index in [9.17, 15) is 22.0 Å². The highest BCUT2D eigenvalue weighted by Crippen LogP contribution is 2.35. The summed E-state index contributed by atoms with van der Waals surface area (Å²) in [6, 6.07) is 1.03. The van der Waals surface area contributed by atoms with Gasteiger partial charge in [0.25, 0.3) is 0 Å². The second-order valence-electron chi connectivity index (χ2n) is 4.32. The van der Waals surface area contributed by atoms with Crippen LogP contribution in [0.1, 0.15) is 5.56 Å². The predicted molar refractivity (Wildman–Crippen MR) is 68.3 cm³/mol. The van der Waals surface area contributed by atoms with Crippen molar-refractivity contribution in [3.05, 3.63) is 46.8 Å². The molecule has 2 rings (SSSR count). The van der Waals surface area contributed by atoms with E-state index in [0.29, 0.717) is 12.1 Å². The quantitative estimate of drug-likeness (QED) is 0.611. The predicted octanol–water partition coefficient (Wildman–Crippen LogP) is 3.16. The monoisotopic (exact) mass is 298 g/mol. The largest absolute Gasteiger partial charge is 0.494 e. The Labute approximate surface area is 118 Å². The molecule has 0 bridgehead atoms. The van der Waals surface area contributed by atoms with Crippen molar-refractivity contribution in [2.45, 2.75) is 6.92 Å². The lowest BCUT2D eigenvalue weighted by Gasteiger charge is -2.14. The van der Waals surface area contributed by atoms with Gasteiger partial charge in [-0.2, -0.15) is 0 Å². The topological polar surface area (TPSA) is 9.23 Å². The Kier molecular flexibility index (Phi) is 3.94. The standard InChI is InChI=1S/C14H8BF5O/c1-5-7(16)4-9(18)10(12(5)19)11-8(17)3-6(15)14(21-2)13(11)20/h3-4H,1-2H3. The molecule has 1 nitrogen and oxygen atoms in total. The molecule has 2 aromatic rings. The Balaban J connectivity index is 2.89. The van der Waals surface area contributed by atoms with Crippen molar-refractivity contribution in [2.75, 3.05) is 7.11 Å². The van der Waals surface area contributed by atoms with Gasteiger partial charge in [-0.15, -0.1) is 0 Å². The molecule has 21 heavy (non-hydrogen) atoms. The third-order valence-electron chi connectivity index (χ3n) is 3.06. The van der Waals surface area contributed by atoms with E-state index in [1.165, 1.54) is 0 Å². The van der Waals surface area contributed by atoms with Crippen LogP contribution in [0.25, 0.3) is 11.1 Å². The van der Waals surface area contributed by atoms with E-state index >= 15 is 0 Å². The number of hydrogen-bond donors (Lipinski definition) is 0. The van der Waals surface area contributed by atoms with E-state index in [1.807, 2.05) is 0 Å². The van der Waals surface area contributed by atoms with Crippen molar-refractivity contribution in [2.24, 2.45) is 0 Å². The van der Waals surface area contributed by atoms with Gasteiger partial charge in [-0.1, -0.05) is 0 Å². The Morgan fingerprint density at radius 3 is 1.95 bits per heavy atom. The van der Waals surface area contributed by atoms with Gasteiger partial charge in [-0.05, 0) is 18.5 Å². The average Bonchev–Trinajstić information content (AvgIpc) is 2.40. The summed E-state index contributed by atoms with van der Waals surface area (Å²) in [6.45, 7) is 1.03. The maximum Gasteiger partial charge on any atom is 0.175 e. The summed E-state index contributed by atoms with van der Waals surface area (Å²) in [5.41, 5.74) is -2.93. The maximum atomic E-state index is 14.2. The summed E-state index contributed by atoms with van der Waals surface area (Å²) in [7, 11) is 6.43. The first-order valence-electron chi connectivity index (χ1n) is 5.75. The van der Waals surface area contributed by atoms with Crippen LogP contribution in [0, 0.1) is 36.0 Å². The van der Waals surface area contributed by atoms with E-state index in [2.05, 4.69) is 4.74 Å². The van der Waals surface area contributed by atoms with Gasteiger partial charge in [0.1, 0.15) is 36.9 Å². The molecule has 0 heterocycles. The summed E-state index contributed by atoms with van der Waals surface area (Å²) in [6.07, 6.45) is 0. The van der Waals surface area contributed by atoms with Crippen LogP contribution in [-0.4, -0.2) is 15.0 Å². The molecule has 2 aromatic carbocycles. The summed E-state index contributed by atoms with van der Waals surface area (Å²) in [4.78, 5) is 0. The summed E-state index contributed by atoms with van der Waals surface area (Å²) in [5.74, 6) is -7.17. The summed E-state index contributed by atoms with van der Waals surface area (Å²) < 4.78 is 73.8. The molecule has 108 valence electrons. The minimum atomic E-state index is -1.43. The molecule has 0 aliphatic carbocycles. The van der Waals surface area contributed by atoms with Crippen LogP contribution < -0.4 is 10.2 Å². The fourth-order valence-corrected chi connectivity index (χ4v) is 1.97. The molecule has 0 aliphatic rings. The number of benzene rings is 2. The van der Waals surface area contributed by atoms with Crippen molar-refractivity contribution >= 4 is 13.3 Å². The summed E-state index contributed by atoms with van der Waals surface area (Å²) >= 11 is 0. The van der Waals surface area contributed by atoms with Crippen molar-refractivity contribution in [3.8, 4) is 16.9 Å². The lowest BCUT2D eigenvalue weighted by Crippen LogP contribution is -2.13. The van der Waals surface area contributed by atoms with Gasteiger partial charge in [0.15, 0.2) is 5.82 Å². The Morgan fingerprint density at radius 1 is 0.857 bits per heavy atom. The highest BCUT2D eigenvalue weighted by Gasteiger charge is 2.26. The van der Waals surface area contributed by atoms with Gasteiger partial charge in [0.2, 0.25) is 0 Å². The van der Waals surface area contributed by atoms with E-state index in [-0.39, 0.29) is 5.46 Å². The van der Waals surface area contributed by atoms with E-state index < -0.39 is 51.5 Å². The zero-order valence-corrected chi connectivity index (χ0v) is 11.0. The molecule has 0 fully saturated rings. The molecule has 0 saturated carbocycles. The normalized spacial score (nSPS) is 10.8. The number of halogens is 5. The van der Waals surface area contributed by atoms with Crippen molar-refractivity contribution in [1.82, 2.24) is 0 Å². The van der Waals surface area contributed by atoms with Crippen molar-refractivity contribution < 1.29 is 26.7 Å². The van der Waals surface area contributed by atoms with E-state index in [4.69, 9.17) is 7.85 Å². The van der Waals surface area contributed by atoms with Gasteiger partial charge >= 0.3 is 0 Å². The van der Waals surface area contributed by atoms with Crippen LogP contribution >= 0.6 is 0 Å². The highest BCUT2D eigenvalue weighted by molar-refractivity contribution is 6.34. The van der Waals surface area contributed by atoms with Crippen LogP contribution in [0.2, 0.25) is 0 Å². The number of hydrogen-bond acceptors (Lipinski definition) is 1. The first kappa shape index (κ1) is 15.3. The second-order valence-corrected chi connectivity index (χ2v) is 4.32. The minimum Gasteiger partial charge on any atom is -0.494 e. The lowest BCUT2D eigenvalue weighted by molar-refractivity contribution is 0.388. The minimum absolute atomic E-state index is 0.357. The number of methoxy groups -OCH3 is 1. The van der Waals surface area contributed by atoms with Crippen LogP contribution in [0.15, 0.2) is 12.1 Å². The smallest absolute Gasteiger partial charge is 0.175 e. The fourth-order valence-electron chi connectivity index (χ4n) is 1.97. The SMILES string of the molecule is [B]c1cc(F)c(-c2c(F)cc(F)c(C)c2F)c(F)c1OC. The van der Waals surface area contributed by atoms with Gasteiger partial charge < -0.3 is 4.74 Å². The number of rotatable bonds is 2. The van der Waals surface area contributed by atoms with Crippen molar-refractivity contribution in [1.29, 1.82) is 0 Å². The van der Waals surface area contributed by atoms with Gasteiger partial charge in [-0.3, -0.25) is 0 Å². The first-order chi connectivity index (χ1) is 9.79. The molecule has 0 aliphatic heterocycles. The van der Waals surface area contributed by atoms with Crippen LogP contribution in [0.5, 0.6) is 5.75 Å². The molecular formula is C14H8BF5O. The maximum absolute atomic E-state index is 14.2. The van der Waals surface area contributed by atoms with E-state index in [1.54, 1.807) is 0 Å². The Bertz CT molecular complexity index is 730.